The molecular formula is C12H24N2OS. The molecule has 0 heterocycles. The second-order valence-corrected chi connectivity index (χ2v) is 6.09. The van der Waals surface area contributed by atoms with Crippen LogP contribution in [-0.2, 0) is 4.79 Å². The highest BCUT2D eigenvalue weighted by atomic mass is 32.2. The number of hydrogen-bond acceptors (Lipinski definition) is 3. The van der Waals surface area contributed by atoms with Crippen molar-refractivity contribution in [2.45, 2.75) is 45.6 Å². The zero-order valence-electron chi connectivity index (χ0n) is 10.4. The van der Waals surface area contributed by atoms with Crippen LogP contribution >= 0.6 is 11.8 Å². The van der Waals surface area contributed by atoms with Crippen LogP contribution in [0, 0.1) is 5.41 Å². The summed E-state index contributed by atoms with van der Waals surface area (Å²) >= 11 is 1.92. The molecule has 94 valence electrons. The van der Waals surface area contributed by atoms with E-state index in [-0.39, 0.29) is 17.4 Å². The first-order valence-corrected chi connectivity index (χ1v) is 7.39. The van der Waals surface area contributed by atoms with E-state index in [0.29, 0.717) is 6.54 Å². The van der Waals surface area contributed by atoms with Gasteiger partial charge in [-0.25, -0.2) is 0 Å². The fourth-order valence-corrected chi connectivity index (χ4v) is 2.79. The van der Waals surface area contributed by atoms with Crippen LogP contribution in [0.15, 0.2) is 0 Å². The number of nitrogens with one attached hydrogen (secondary N) is 1. The summed E-state index contributed by atoms with van der Waals surface area (Å²) in [6.45, 7) is 4.73. The molecule has 1 saturated carbocycles. The predicted octanol–water partition coefficient (Wildman–Crippen LogP) is 1.76. The number of nitrogens with two attached hydrogens (primary N) is 1. The SMILES string of the molecule is CCSCCC(C)NC(=O)C1(CN)CCC1. The predicted molar refractivity (Wildman–Crippen MR) is 70.6 cm³/mol. The Morgan fingerprint density at radius 3 is 2.69 bits per heavy atom. The first kappa shape index (κ1) is 13.8. The Hall–Kier alpha value is -0.220. The highest BCUT2D eigenvalue weighted by Crippen LogP contribution is 2.40. The van der Waals surface area contributed by atoms with Crippen molar-refractivity contribution in [3.63, 3.8) is 0 Å². The van der Waals surface area contributed by atoms with E-state index in [1.54, 1.807) is 0 Å². The summed E-state index contributed by atoms with van der Waals surface area (Å²) in [5.41, 5.74) is 5.47. The third-order valence-electron chi connectivity index (χ3n) is 3.46. The fraction of sp³-hybridized carbons (Fsp3) is 0.917. The van der Waals surface area contributed by atoms with Gasteiger partial charge in [0.25, 0.3) is 0 Å². The van der Waals surface area contributed by atoms with Gasteiger partial charge in [-0.3, -0.25) is 4.79 Å². The van der Waals surface area contributed by atoms with Crippen molar-refractivity contribution in [2.75, 3.05) is 18.1 Å². The highest BCUT2D eigenvalue weighted by molar-refractivity contribution is 7.99. The number of carbonyl (C=O) groups is 1. The molecule has 0 aromatic carbocycles. The maximum absolute atomic E-state index is 12.0. The standard InChI is InChI=1S/C12H24N2OS/c1-3-16-8-5-10(2)14-11(15)12(9-13)6-4-7-12/h10H,3-9,13H2,1-2H3,(H,14,15). The number of rotatable bonds is 7. The molecule has 0 bridgehead atoms. The average Bonchev–Trinajstić information content (AvgIpc) is 2.17. The highest BCUT2D eigenvalue weighted by Gasteiger charge is 2.42. The van der Waals surface area contributed by atoms with E-state index in [9.17, 15) is 4.79 Å². The van der Waals surface area contributed by atoms with E-state index < -0.39 is 0 Å². The fourth-order valence-electron chi connectivity index (χ4n) is 1.98. The second-order valence-electron chi connectivity index (χ2n) is 4.70. The molecule has 0 aromatic rings. The van der Waals surface area contributed by atoms with Crippen molar-refractivity contribution in [2.24, 2.45) is 11.1 Å². The van der Waals surface area contributed by atoms with Gasteiger partial charge in [-0.2, -0.15) is 11.8 Å². The van der Waals surface area contributed by atoms with Gasteiger partial charge >= 0.3 is 0 Å². The zero-order valence-corrected chi connectivity index (χ0v) is 11.2. The Bertz CT molecular complexity index is 224. The maximum atomic E-state index is 12.0. The minimum atomic E-state index is -0.230. The summed E-state index contributed by atoms with van der Waals surface area (Å²) in [6.07, 6.45) is 4.12. The zero-order chi connectivity index (χ0) is 12.0. The van der Waals surface area contributed by atoms with Gasteiger partial charge in [0.05, 0.1) is 5.41 Å². The van der Waals surface area contributed by atoms with Gasteiger partial charge < -0.3 is 11.1 Å². The maximum Gasteiger partial charge on any atom is 0.227 e. The molecule has 1 aliphatic carbocycles. The van der Waals surface area contributed by atoms with Gasteiger partial charge in [-0.15, -0.1) is 0 Å². The van der Waals surface area contributed by atoms with E-state index in [1.807, 2.05) is 11.8 Å². The summed E-state index contributed by atoms with van der Waals surface area (Å²) in [5.74, 6) is 2.44. The Balaban J connectivity index is 2.27. The van der Waals surface area contributed by atoms with Crippen LogP contribution in [0.25, 0.3) is 0 Å². The largest absolute Gasteiger partial charge is 0.353 e. The lowest BCUT2D eigenvalue weighted by molar-refractivity contribution is -0.135. The molecule has 1 unspecified atom stereocenters. The molecule has 1 aliphatic rings. The monoisotopic (exact) mass is 244 g/mol. The number of carbonyl (C=O) groups excluding carboxylic acids is 1. The third-order valence-corrected chi connectivity index (χ3v) is 4.39. The molecular weight excluding hydrogens is 220 g/mol. The van der Waals surface area contributed by atoms with Gasteiger partial charge in [0, 0.05) is 12.6 Å². The summed E-state index contributed by atoms with van der Waals surface area (Å²) in [6, 6.07) is 0.274. The molecule has 0 saturated heterocycles. The van der Waals surface area contributed by atoms with Gasteiger partial charge in [0.1, 0.15) is 0 Å². The minimum absolute atomic E-state index is 0.176. The van der Waals surface area contributed by atoms with Crippen molar-refractivity contribution in [1.82, 2.24) is 5.32 Å². The molecule has 1 amide bonds. The van der Waals surface area contributed by atoms with Crippen LogP contribution in [0.5, 0.6) is 0 Å². The minimum Gasteiger partial charge on any atom is -0.353 e. The molecule has 0 radical (unpaired) electrons. The molecule has 0 aromatic heterocycles. The van der Waals surface area contributed by atoms with E-state index in [2.05, 4.69) is 19.2 Å². The van der Waals surface area contributed by atoms with E-state index in [4.69, 9.17) is 5.73 Å². The van der Waals surface area contributed by atoms with Crippen molar-refractivity contribution < 1.29 is 4.79 Å². The Kier molecular flexibility index (Phi) is 5.62. The van der Waals surface area contributed by atoms with Gasteiger partial charge in [0.15, 0.2) is 0 Å². The molecule has 3 N–H and O–H groups in total. The van der Waals surface area contributed by atoms with Crippen molar-refractivity contribution >= 4 is 17.7 Å². The molecule has 0 spiro atoms. The third kappa shape index (κ3) is 3.39. The molecule has 16 heavy (non-hydrogen) atoms. The number of hydrogen-bond donors (Lipinski definition) is 2. The Morgan fingerprint density at radius 1 is 1.56 bits per heavy atom. The van der Waals surface area contributed by atoms with Crippen LogP contribution in [-0.4, -0.2) is 30.0 Å². The smallest absolute Gasteiger partial charge is 0.227 e. The summed E-state index contributed by atoms with van der Waals surface area (Å²) in [5, 5.41) is 3.10. The van der Waals surface area contributed by atoms with Crippen LogP contribution in [0.1, 0.15) is 39.5 Å². The topological polar surface area (TPSA) is 55.1 Å². The quantitative estimate of drug-likeness (QED) is 0.671. The first-order valence-electron chi connectivity index (χ1n) is 6.23. The molecule has 1 rings (SSSR count). The summed E-state index contributed by atoms with van der Waals surface area (Å²) < 4.78 is 0. The lowest BCUT2D eigenvalue weighted by atomic mass is 9.68. The molecule has 0 aliphatic heterocycles. The van der Waals surface area contributed by atoms with Crippen molar-refractivity contribution in [1.29, 1.82) is 0 Å². The van der Waals surface area contributed by atoms with E-state index in [0.717, 1.165) is 37.2 Å². The normalized spacial score (nSPS) is 19.9. The number of thioether (sulfide) groups is 1. The average molecular weight is 244 g/mol. The van der Waals surface area contributed by atoms with Crippen LogP contribution in [0.3, 0.4) is 0 Å². The summed E-state index contributed by atoms with van der Waals surface area (Å²) in [7, 11) is 0. The second kappa shape index (κ2) is 6.50. The number of amides is 1. The Morgan fingerprint density at radius 2 is 2.25 bits per heavy atom. The lowest BCUT2D eigenvalue weighted by Gasteiger charge is -2.39. The van der Waals surface area contributed by atoms with E-state index >= 15 is 0 Å². The Labute approximate surface area is 103 Å². The van der Waals surface area contributed by atoms with Crippen molar-refractivity contribution in [3.8, 4) is 0 Å². The summed E-state index contributed by atoms with van der Waals surface area (Å²) in [4.78, 5) is 12.0. The molecule has 1 atom stereocenters. The molecule has 1 fully saturated rings. The first-order chi connectivity index (χ1) is 7.64. The lowest BCUT2D eigenvalue weighted by Crippen LogP contribution is -2.52. The molecule has 4 heteroatoms. The van der Waals surface area contributed by atoms with Gasteiger partial charge in [-0.1, -0.05) is 13.3 Å². The van der Waals surface area contributed by atoms with Crippen molar-refractivity contribution in [3.05, 3.63) is 0 Å². The van der Waals surface area contributed by atoms with E-state index in [1.165, 1.54) is 0 Å². The van der Waals surface area contributed by atoms with Gasteiger partial charge in [0.2, 0.25) is 5.91 Å². The van der Waals surface area contributed by atoms with Crippen LogP contribution in [0.2, 0.25) is 0 Å². The molecule has 3 nitrogen and oxygen atoms in total. The van der Waals surface area contributed by atoms with Crippen LogP contribution in [0.4, 0.5) is 0 Å². The van der Waals surface area contributed by atoms with Gasteiger partial charge in [-0.05, 0) is 37.7 Å². The van der Waals surface area contributed by atoms with Crippen LogP contribution < -0.4 is 11.1 Å².